The van der Waals surface area contributed by atoms with Crippen LogP contribution in [0, 0.1) is 11.3 Å². The third-order valence-electron chi connectivity index (χ3n) is 4.43. The molecule has 2 unspecified atom stereocenters. The highest BCUT2D eigenvalue weighted by Crippen LogP contribution is 2.32. The van der Waals surface area contributed by atoms with Gasteiger partial charge >= 0.3 is 5.97 Å². The Morgan fingerprint density at radius 1 is 1.48 bits per heavy atom. The van der Waals surface area contributed by atoms with E-state index in [1.165, 1.54) is 0 Å². The standard InChI is InChI=1S/C14H22N2O5/c1-14(13(19)20)3-4-16(9-14)12(18)10-7-11(17)15(8-10)5-6-21-2/h10H,3-9H2,1-2H3,(H,19,20). The van der Waals surface area contributed by atoms with Crippen LogP contribution >= 0.6 is 0 Å². The zero-order valence-electron chi connectivity index (χ0n) is 12.5. The molecule has 0 aromatic rings. The van der Waals surface area contributed by atoms with Crippen molar-refractivity contribution in [3.05, 3.63) is 0 Å². The van der Waals surface area contributed by atoms with Crippen molar-refractivity contribution < 1.29 is 24.2 Å². The number of carboxylic acids is 1. The van der Waals surface area contributed by atoms with Gasteiger partial charge in [-0.2, -0.15) is 0 Å². The zero-order chi connectivity index (χ0) is 15.6. The minimum Gasteiger partial charge on any atom is -0.481 e. The maximum absolute atomic E-state index is 12.4. The molecule has 2 aliphatic heterocycles. The van der Waals surface area contributed by atoms with E-state index in [1.54, 1.807) is 23.8 Å². The van der Waals surface area contributed by atoms with Crippen molar-refractivity contribution in [1.29, 1.82) is 0 Å². The van der Waals surface area contributed by atoms with Crippen LogP contribution in [0.2, 0.25) is 0 Å². The van der Waals surface area contributed by atoms with Gasteiger partial charge in [0.1, 0.15) is 0 Å². The molecule has 7 heteroatoms. The number of ether oxygens (including phenoxy) is 1. The van der Waals surface area contributed by atoms with E-state index < -0.39 is 11.4 Å². The number of nitrogens with zero attached hydrogens (tertiary/aromatic N) is 2. The Morgan fingerprint density at radius 3 is 2.76 bits per heavy atom. The molecule has 2 saturated heterocycles. The number of carbonyl (C=O) groups is 3. The maximum Gasteiger partial charge on any atom is 0.311 e. The summed E-state index contributed by atoms with van der Waals surface area (Å²) in [4.78, 5) is 38.7. The van der Waals surface area contributed by atoms with Crippen molar-refractivity contribution in [2.24, 2.45) is 11.3 Å². The van der Waals surface area contributed by atoms with Gasteiger partial charge in [-0.25, -0.2) is 0 Å². The molecule has 2 heterocycles. The molecule has 7 nitrogen and oxygen atoms in total. The summed E-state index contributed by atoms with van der Waals surface area (Å²) in [5.74, 6) is -1.37. The van der Waals surface area contributed by atoms with Crippen LogP contribution in [0.25, 0.3) is 0 Å². The molecule has 0 aliphatic carbocycles. The molecule has 0 spiro atoms. The normalized spacial score (nSPS) is 29.2. The van der Waals surface area contributed by atoms with Crippen LogP contribution in [0.4, 0.5) is 0 Å². The fraction of sp³-hybridized carbons (Fsp3) is 0.786. The third-order valence-corrected chi connectivity index (χ3v) is 4.43. The number of hydrogen-bond donors (Lipinski definition) is 1. The number of methoxy groups -OCH3 is 1. The highest BCUT2D eigenvalue weighted by atomic mass is 16.5. The minimum atomic E-state index is -0.873. The molecule has 1 N–H and O–H groups in total. The lowest BCUT2D eigenvalue weighted by Crippen LogP contribution is -2.39. The highest BCUT2D eigenvalue weighted by molar-refractivity contribution is 5.90. The summed E-state index contributed by atoms with van der Waals surface area (Å²) in [6.07, 6.45) is 0.672. The topological polar surface area (TPSA) is 87.2 Å². The SMILES string of the molecule is COCCN1CC(C(=O)N2CCC(C)(C(=O)O)C2)CC1=O. The Hall–Kier alpha value is -1.63. The molecule has 118 valence electrons. The van der Waals surface area contributed by atoms with E-state index in [0.29, 0.717) is 32.7 Å². The van der Waals surface area contributed by atoms with Gasteiger partial charge in [0.2, 0.25) is 11.8 Å². The second-order valence-corrected chi connectivity index (χ2v) is 6.11. The predicted molar refractivity (Wildman–Crippen MR) is 73.5 cm³/mol. The molecule has 2 rings (SSSR count). The Balaban J connectivity index is 1.93. The first-order valence-corrected chi connectivity index (χ1v) is 7.16. The zero-order valence-corrected chi connectivity index (χ0v) is 12.5. The Bertz CT molecular complexity index is 453. The van der Waals surface area contributed by atoms with Crippen molar-refractivity contribution >= 4 is 17.8 Å². The highest BCUT2D eigenvalue weighted by Gasteiger charge is 2.45. The fourth-order valence-corrected chi connectivity index (χ4v) is 2.94. The number of carboxylic acid groups (broad SMARTS) is 1. The molecule has 2 aliphatic rings. The summed E-state index contributed by atoms with van der Waals surface area (Å²) in [7, 11) is 1.57. The molecular formula is C14H22N2O5. The van der Waals surface area contributed by atoms with E-state index in [9.17, 15) is 19.5 Å². The van der Waals surface area contributed by atoms with Gasteiger partial charge in [0.15, 0.2) is 0 Å². The van der Waals surface area contributed by atoms with Gasteiger partial charge in [-0.3, -0.25) is 14.4 Å². The number of hydrogen-bond acceptors (Lipinski definition) is 4. The van der Waals surface area contributed by atoms with E-state index in [0.717, 1.165) is 0 Å². The van der Waals surface area contributed by atoms with Crippen molar-refractivity contribution in [2.75, 3.05) is 39.9 Å². The summed E-state index contributed by atoms with van der Waals surface area (Å²) < 4.78 is 4.95. The van der Waals surface area contributed by atoms with Gasteiger partial charge in [-0.15, -0.1) is 0 Å². The molecule has 21 heavy (non-hydrogen) atoms. The van der Waals surface area contributed by atoms with E-state index in [-0.39, 0.29) is 30.7 Å². The van der Waals surface area contributed by atoms with Crippen molar-refractivity contribution in [2.45, 2.75) is 19.8 Å². The molecule has 0 bridgehead atoms. The second kappa shape index (κ2) is 6.01. The molecule has 2 amide bonds. The van der Waals surface area contributed by atoms with E-state index >= 15 is 0 Å². The number of likely N-dealkylation sites (tertiary alicyclic amines) is 2. The predicted octanol–water partition coefficient (Wildman–Crippen LogP) is -0.195. The molecule has 0 radical (unpaired) electrons. The lowest BCUT2D eigenvalue weighted by atomic mass is 9.90. The van der Waals surface area contributed by atoms with Gasteiger partial charge < -0.3 is 19.6 Å². The Kier molecular flexibility index (Phi) is 4.51. The largest absolute Gasteiger partial charge is 0.481 e. The quantitative estimate of drug-likeness (QED) is 0.760. The number of carbonyl (C=O) groups excluding carboxylic acids is 2. The van der Waals surface area contributed by atoms with Gasteiger partial charge in [0.05, 0.1) is 17.9 Å². The summed E-state index contributed by atoms with van der Waals surface area (Å²) in [5.41, 5.74) is -0.867. The Morgan fingerprint density at radius 2 is 2.19 bits per heavy atom. The molecule has 0 saturated carbocycles. The van der Waals surface area contributed by atoms with Crippen molar-refractivity contribution in [3.8, 4) is 0 Å². The summed E-state index contributed by atoms with van der Waals surface area (Å²) in [6.45, 7) is 3.68. The number of amides is 2. The summed E-state index contributed by atoms with van der Waals surface area (Å²) in [5, 5.41) is 9.20. The number of rotatable bonds is 5. The summed E-state index contributed by atoms with van der Waals surface area (Å²) >= 11 is 0. The smallest absolute Gasteiger partial charge is 0.311 e. The molecular weight excluding hydrogens is 276 g/mol. The maximum atomic E-state index is 12.4. The monoisotopic (exact) mass is 298 g/mol. The first-order valence-electron chi connectivity index (χ1n) is 7.16. The van der Waals surface area contributed by atoms with Crippen LogP contribution in [-0.2, 0) is 19.1 Å². The first-order chi connectivity index (χ1) is 9.87. The van der Waals surface area contributed by atoms with Gasteiger partial charge in [-0.05, 0) is 13.3 Å². The Labute approximate surface area is 123 Å². The first kappa shape index (κ1) is 15.8. The van der Waals surface area contributed by atoms with Crippen LogP contribution in [-0.4, -0.2) is 72.6 Å². The lowest BCUT2D eigenvalue weighted by molar-refractivity contribution is -0.147. The minimum absolute atomic E-state index is 0.0365. The summed E-state index contributed by atoms with van der Waals surface area (Å²) in [6, 6.07) is 0. The second-order valence-electron chi connectivity index (χ2n) is 6.11. The van der Waals surface area contributed by atoms with Crippen molar-refractivity contribution in [1.82, 2.24) is 9.80 Å². The lowest BCUT2D eigenvalue weighted by Gasteiger charge is -2.23. The van der Waals surface area contributed by atoms with Gasteiger partial charge in [0.25, 0.3) is 0 Å². The van der Waals surface area contributed by atoms with Crippen LogP contribution < -0.4 is 0 Å². The van der Waals surface area contributed by atoms with Crippen LogP contribution in [0.5, 0.6) is 0 Å². The molecule has 2 fully saturated rings. The molecule has 0 aromatic carbocycles. The van der Waals surface area contributed by atoms with Gasteiger partial charge in [0, 0.05) is 39.7 Å². The third kappa shape index (κ3) is 3.18. The van der Waals surface area contributed by atoms with Crippen molar-refractivity contribution in [3.63, 3.8) is 0 Å². The van der Waals surface area contributed by atoms with E-state index in [4.69, 9.17) is 4.74 Å². The van der Waals surface area contributed by atoms with Gasteiger partial charge in [-0.1, -0.05) is 0 Å². The van der Waals surface area contributed by atoms with Crippen LogP contribution in [0.15, 0.2) is 0 Å². The molecule has 0 aromatic heterocycles. The van der Waals surface area contributed by atoms with Crippen LogP contribution in [0.3, 0.4) is 0 Å². The fourth-order valence-electron chi connectivity index (χ4n) is 2.94. The average molecular weight is 298 g/mol. The van der Waals surface area contributed by atoms with E-state index in [1.807, 2.05) is 0 Å². The average Bonchev–Trinajstić information content (AvgIpc) is 3.00. The molecule has 2 atom stereocenters. The van der Waals surface area contributed by atoms with E-state index in [2.05, 4.69) is 0 Å². The number of aliphatic carboxylic acids is 1. The van der Waals surface area contributed by atoms with Crippen LogP contribution in [0.1, 0.15) is 19.8 Å².